The predicted octanol–water partition coefficient (Wildman–Crippen LogP) is 5.22. The molecular weight excluding hydrogens is 533 g/mol. The van der Waals surface area contributed by atoms with Gasteiger partial charge in [-0.1, -0.05) is 47.5 Å². The maximum atomic E-state index is 12.7. The summed E-state index contributed by atoms with van der Waals surface area (Å²) in [5.74, 6) is -0.987. The van der Waals surface area contributed by atoms with E-state index in [9.17, 15) is 28.6 Å². The number of nitro groups is 1. The van der Waals surface area contributed by atoms with Crippen LogP contribution in [0.4, 0.5) is 11.4 Å². The molecule has 3 rings (SSSR count). The van der Waals surface area contributed by atoms with E-state index in [1.807, 2.05) is 0 Å². The molecule has 0 aromatic heterocycles. The summed E-state index contributed by atoms with van der Waals surface area (Å²) >= 11 is 12.0. The van der Waals surface area contributed by atoms with Crippen molar-refractivity contribution in [1.82, 2.24) is 0 Å². The van der Waals surface area contributed by atoms with E-state index >= 15 is 0 Å². The Labute approximate surface area is 215 Å². The van der Waals surface area contributed by atoms with Crippen molar-refractivity contribution in [2.24, 2.45) is 0 Å². The topological polar surface area (TPSA) is 149 Å². The van der Waals surface area contributed by atoms with Crippen LogP contribution in [0, 0.1) is 21.4 Å². The van der Waals surface area contributed by atoms with Gasteiger partial charge in [-0.2, -0.15) is 13.7 Å². The van der Waals surface area contributed by atoms with Crippen molar-refractivity contribution in [2.75, 3.05) is 12.4 Å². The normalized spacial score (nSPS) is 11.3. The van der Waals surface area contributed by atoms with Crippen LogP contribution in [0.5, 0.6) is 11.5 Å². The van der Waals surface area contributed by atoms with E-state index in [0.717, 1.165) is 12.1 Å². The molecule has 0 radical (unpaired) electrons. The fourth-order valence-corrected chi connectivity index (χ4v) is 4.41. The predicted molar refractivity (Wildman–Crippen MR) is 133 cm³/mol. The minimum absolute atomic E-state index is 0.0815. The van der Waals surface area contributed by atoms with Gasteiger partial charge in [0.15, 0.2) is 11.5 Å². The maximum absolute atomic E-state index is 12.7. The number of carbonyl (C=O) groups excluding carboxylic acids is 1. The number of methoxy groups -OCH3 is 1. The van der Waals surface area contributed by atoms with Crippen molar-refractivity contribution >= 4 is 56.7 Å². The average Bonchev–Trinajstić information content (AvgIpc) is 2.84. The number of ether oxygens (including phenoxy) is 1. The molecule has 0 unspecified atom stereocenters. The van der Waals surface area contributed by atoms with Crippen LogP contribution in [-0.2, 0) is 14.9 Å². The third-order valence-corrected chi connectivity index (χ3v) is 6.42. The van der Waals surface area contributed by atoms with Crippen LogP contribution in [0.1, 0.15) is 5.56 Å². The van der Waals surface area contributed by atoms with E-state index in [1.165, 1.54) is 55.7 Å². The Morgan fingerprint density at radius 2 is 1.72 bits per heavy atom. The molecule has 0 bridgehead atoms. The molecule has 184 valence electrons. The quantitative estimate of drug-likeness (QED) is 0.132. The van der Waals surface area contributed by atoms with Crippen molar-refractivity contribution in [3.8, 4) is 17.6 Å². The zero-order valence-corrected chi connectivity index (χ0v) is 20.6. The molecule has 1 N–H and O–H groups in total. The Bertz CT molecular complexity index is 1500. The highest BCUT2D eigenvalue weighted by atomic mass is 35.5. The monoisotopic (exact) mass is 547 g/mol. The standard InChI is InChI=1S/C23H15Cl2N3O7S/c1-34-20-8-7-14(10-21(20)35-36(32,33)17-5-3-2-4-6-17)9-15(13-26)23(29)27-22-18(24)11-16(28(30)31)12-19(22)25/h2-12H,1H3,(H,27,29)/b15-9+. The molecule has 13 heteroatoms. The lowest BCUT2D eigenvalue weighted by Crippen LogP contribution is -2.14. The lowest BCUT2D eigenvalue weighted by Gasteiger charge is -2.12. The van der Waals surface area contributed by atoms with Crippen molar-refractivity contribution in [1.29, 1.82) is 5.26 Å². The number of nitrogens with one attached hydrogen (secondary N) is 1. The summed E-state index contributed by atoms with van der Waals surface area (Å²) in [7, 11) is -2.88. The number of nitriles is 1. The highest BCUT2D eigenvalue weighted by Crippen LogP contribution is 2.35. The van der Waals surface area contributed by atoms with E-state index in [2.05, 4.69) is 5.32 Å². The van der Waals surface area contributed by atoms with Gasteiger partial charge in [0, 0.05) is 12.1 Å². The first kappa shape index (κ1) is 26.5. The van der Waals surface area contributed by atoms with Gasteiger partial charge in [-0.05, 0) is 35.9 Å². The number of amides is 1. The number of anilines is 1. The van der Waals surface area contributed by atoms with E-state index in [1.54, 1.807) is 12.1 Å². The summed E-state index contributed by atoms with van der Waals surface area (Å²) in [6, 6.07) is 15.3. The molecule has 0 aliphatic heterocycles. The summed E-state index contributed by atoms with van der Waals surface area (Å²) in [4.78, 5) is 22.8. The summed E-state index contributed by atoms with van der Waals surface area (Å²) < 4.78 is 35.6. The third-order valence-electron chi connectivity index (χ3n) is 4.57. The largest absolute Gasteiger partial charge is 0.493 e. The lowest BCUT2D eigenvalue weighted by molar-refractivity contribution is -0.384. The van der Waals surface area contributed by atoms with Gasteiger partial charge < -0.3 is 14.2 Å². The molecule has 0 heterocycles. The number of rotatable bonds is 8. The summed E-state index contributed by atoms with van der Waals surface area (Å²) in [6.45, 7) is 0. The molecule has 36 heavy (non-hydrogen) atoms. The Balaban J connectivity index is 1.92. The number of benzene rings is 3. The molecule has 0 atom stereocenters. The molecule has 0 spiro atoms. The van der Waals surface area contributed by atoms with Crippen LogP contribution in [0.15, 0.2) is 71.1 Å². The van der Waals surface area contributed by atoms with Crippen LogP contribution >= 0.6 is 23.2 Å². The second kappa shape index (κ2) is 11.1. The van der Waals surface area contributed by atoms with Crippen LogP contribution in [0.2, 0.25) is 10.0 Å². The molecule has 10 nitrogen and oxygen atoms in total. The van der Waals surface area contributed by atoms with Gasteiger partial charge in [0.1, 0.15) is 16.5 Å². The van der Waals surface area contributed by atoms with Gasteiger partial charge in [-0.15, -0.1) is 0 Å². The second-order valence-corrected chi connectivity index (χ2v) is 9.29. The fourth-order valence-electron chi connectivity index (χ4n) is 2.88. The van der Waals surface area contributed by atoms with Crippen molar-refractivity contribution in [3.05, 3.63) is 92.0 Å². The Kier molecular flexibility index (Phi) is 8.16. The maximum Gasteiger partial charge on any atom is 0.339 e. The molecule has 3 aromatic rings. The van der Waals surface area contributed by atoms with Gasteiger partial charge in [0.25, 0.3) is 11.6 Å². The van der Waals surface area contributed by atoms with Crippen molar-refractivity contribution < 1.29 is 27.1 Å². The van der Waals surface area contributed by atoms with E-state index in [0.29, 0.717) is 0 Å². The van der Waals surface area contributed by atoms with Crippen LogP contribution in [0.25, 0.3) is 6.08 Å². The van der Waals surface area contributed by atoms with E-state index in [-0.39, 0.29) is 43.4 Å². The highest BCUT2D eigenvalue weighted by molar-refractivity contribution is 7.87. The zero-order valence-electron chi connectivity index (χ0n) is 18.3. The molecule has 0 saturated carbocycles. The highest BCUT2D eigenvalue weighted by Gasteiger charge is 2.21. The Hall–Kier alpha value is -4.11. The van der Waals surface area contributed by atoms with Gasteiger partial charge in [0.05, 0.1) is 27.8 Å². The van der Waals surface area contributed by atoms with Crippen LogP contribution in [-0.4, -0.2) is 26.4 Å². The average molecular weight is 548 g/mol. The molecule has 3 aromatic carbocycles. The smallest absolute Gasteiger partial charge is 0.339 e. The molecule has 0 aliphatic rings. The SMILES string of the molecule is COc1ccc(/C=C(\C#N)C(=O)Nc2c(Cl)cc([N+](=O)[O-])cc2Cl)cc1OS(=O)(=O)c1ccccc1. The van der Waals surface area contributed by atoms with Gasteiger partial charge >= 0.3 is 10.1 Å². The van der Waals surface area contributed by atoms with Crippen LogP contribution in [0.3, 0.4) is 0 Å². The first-order chi connectivity index (χ1) is 17.1. The van der Waals surface area contributed by atoms with Gasteiger partial charge in [-0.3, -0.25) is 14.9 Å². The van der Waals surface area contributed by atoms with Crippen molar-refractivity contribution in [2.45, 2.75) is 4.90 Å². The molecule has 1 amide bonds. The number of hydrogen-bond donors (Lipinski definition) is 1. The van der Waals surface area contributed by atoms with Gasteiger partial charge in [0.2, 0.25) is 0 Å². The Morgan fingerprint density at radius 3 is 2.28 bits per heavy atom. The molecule has 0 aliphatic carbocycles. The van der Waals surface area contributed by atoms with Crippen LogP contribution < -0.4 is 14.2 Å². The molecular formula is C23H15Cl2N3O7S. The number of nitro benzene ring substituents is 1. The first-order valence-electron chi connectivity index (χ1n) is 9.80. The lowest BCUT2D eigenvalue weighted by atomic mass is 10.1. The van der Waals surface area contributed by atoms with Crippen molar-refractivity contribution in [3.63, 3.8) is 0 Å². The zero-order chi connectivity index (χ0) is 26.5. The second-order valence-electron chi connectivity index (χ2n) is 6.93. The summed E-state index contributed by atoms with van der Waals surface area (Å²) in [6.07, 6.45) is 1.17. The minimum atomic E-state index is -4.20. The van der Waals surface area contributed by atoms with Gasteiger partial charge in [-0.25, -0.2) is 0 Å². The number of nitrogens with zero attached hydrogens (tertiary/aromatic N) is 2. The number of carbonyl (C=O) groups is 1. The molecule has 0 saturated heterocycles. The number of hydrogen-bond acceptors (Lipinski definition) is 8. The number of halogens is 2. The minimum Gasteiger partial charge on any atom is -0.493 e. The summed E-state index contributed by atoms with van der Waals surface area (Å²) in [5.41, 5.74) is -0.665. The van der Waals surface area contributed by atoms with E-state index in [4.69, 9.17) is 32.1 Å². The number of non-ortho nitro benzene ring substituents is 1. The van der Waals surface area contributed by atoms with E-state index < -0.39 is 26.5 Å². The summed E-state index contributed by atoms with van der Waals surface area (Å²) in [5, 5.41) is 22.4. The molecule has 0 fully saturated rings. The first-order valence-corrected chi connectivity index (χ1v) is 12.0. The Morgan fingerprint density at radius 1 is 1.08 bits per heavy atom. The fraction of sp³-hybridized carbons (Fsp3) is 0.0435. The third kappa shape index (κ3) is 6.11.